The maximum absolute atomic E-state index is 13.0. The third kappa shape index (κ3) is 29.0. The lowest BCUT2D eigenvalue weighted by Crippen LogP contribution is -2.64. The summed E-state index contributed by atoms with van der Waals surface area (Å²) in [6.07, 6.45) is 26.9. The molecule has 1 aliphatic rings. The van der Waals surface area contributed by atoms with Crippen molar-refractivity contribution in [3.63, 3.8) is 0 Å². The number of allylic oxidation sites excluding steroid dienone is 3. The van der Waals surface area contributed by atoms with Gasteiger partial charge in [-0.1, -0.05) is 179 Å². The lowest BCUT2D eigenvalue weighted by atomic mass is 9.85. The molecule has 0 bridgehead atoms. The second-order valence-corrected chi connectivity index (χ2v) is 18.9. The first-order valence-corrected chi connectivity index (χ1v) is 25.9. The predicted molar refractivity (Wildman–Crippen MR) is 243 cm³/mol. The summed E-state index contributed by atoms with van der Waals surface area (Å²) in [6, 6.07) is -1.24. The second kappa shape index (κ2) is 37.0. The van der Waals surface area contributed by atoms with Gasteiger partial charge in [-0.2, -0.15) is 0 Å². The third-order valence-corrected chi connectivity index (χ3v) is 12.8. The first-order valence-electron chi connectivity index (χ1n) is 24.4. The number of hydrogen-bond acceptors (Lipinski definition) is 11. The summed E-state index contributed by atoms with van der Waals surface area (Å²) in [4.78, 5) is 23.4. The molecule has 8 unspecified atom stereocenters. The fourth-order valence-electron chi connectivity index (χ4n) is 7.76. The van der Waals surface area contributed by atoms with Crippen LogP contribution in [0, 0.1) is 0 Å². The first-order chi connectivity index (χ1) is 29.3. The maximum atomic E-state index is 13.0. The molecular formula is C47H90NO12P. The lowest BCUT2D eigenvalue weighted by Gasteiger charge is -2.41. The minimum absolute atomic E-state index is 0.249. The number of phosphoric ester groups is 1. The number of unbranched alkanes of at least 4 members (excludes halogenated alkanes) is 25. The SMILES string of the molecule is CCCCCCCCCCC/C=C\CCCCCCCC(O)CC(=O)NC(COP(=O)(O)OC1C(O)C(O)C(O)C(O)C1O)C(O)/C=C/CCCCCCCCCCCCC. The molecule has 0 aromatic rings. The zero-order chi connectivity index (χ0) is 45.1. The molecule has 0 aliphatic heterocycles. The minimum Gasteiger partial charge on any atom is -0.393 e. The summed E-state index contributed by atoms with van der Waals surface area (Å²) in [5, 5.41) is 74.5. The van der Waals surface area contributed by atoms with Gasteiger partial charge in [-0.25, -0.2) is 4.57 Å². The number of phosphoric acid groups is 1. The van der Waals surface area contributed by atoms with Gasteiger partial charge < -0.3 is 46.0 Å². The van der Waals surface area contributed by atoms with Crippen LogP contribution in [0.3, 0.4) is 0 Å². The molecule has 0 spiro atoms. The van der Waals surface area contributed by atoms with Crippen molar-refractivity contribution < 1.29 is 59.0 Å². The Morgan fingerprint density at radius 1 is 0.574 bits per heavy atom. The highest BCUT2D eigenvalue weighted by atomic mass is 31.2. The van der Waals surface area contributed by atoms with E-state index in [1.54, 1.807) is 6.08 Å². The summed E-state index contributed by atoms with van der Waals surface area (Å²) in [6.45, 7) is 3.74. The average molecular weight is 892 g/mol. The van der Waals surface area contributed by atoms with Crippen LogP contribution in [0.2, 0.25) is 0 Å². The van der Waals surface area contributed by atoms with Gasteiger partial charge in [-0.3, -0.25) is 13.8 Å². The number of hydrogen-bond donors (Lipinski definition) is 9. The van der Waals surface area contributed by atoms with Gasteiger partial charge in [0.15, 0.2) is 0 Å². The molecule has 1 aliphatic carbocycles. The van der Waals surface area contributed by atoms with E-state index in [4.69, 9.17) is 9.05 Å². The summed E-state index contributed by atoms with van der Waals surface area (Å²) in [5.41, 5.74) is 0. The van der Waals surface area contributed by atoms with E-state index in [-0.39, 0.29) is 6.42 Å². The highest BCUT2D eigenvalue weighted by Gasteiger charge is 2.51. The van der Waals surface area contributed by atoms with Crippen molar-refractivity contribution in [3.05, 3.63) is 24.3 Å². The van der Waals surface area contributed by atoms with Crippen LogP contribution in [0.25, 0.3) is 0 Å². The van der Waals surface area contributed by atoms with E-state index in [0.717, 1.165) is 64.2 Å². The largest absolute Gasteiger partial charge is 0.472 e. The zero-order valence-electron chi connectivity index (χ0n) is 38.1. The van der Waals surface area contributed by atoms with E-state index < -0.39 is 75.2 Å². The van der Waals surface area contributed by atoms with Crippen LogP contribution in [-0.2, 0) is 18.4 Å². The van der Waals surface area contributed by atoms with Crippen molar-refractivity contribution in [3.8, 4) is 0 Å². The van der Waals surface area contributed by atoms with E-state index in [9.17, 15) is 50.0 Å². The van der Waals surface area contributed by atoms with Crippen LogP contribution >= 0.6 is 7.82 Å². The fourth-order valence-corrected chi connectivity index (χ4v) is 8.73. The van der Waals surface area contributed by atoms with E-state index in [1.807, 2.05) is 0 Å². The standard InChI is InChI=1S/C47H90NO12P/c1-3-5-7-9-11-13-15-17-18-19-20-21-23-24-26-28-30-32-34-38(49)36-41(51)48-39(40(50)35-33-31-29-27-25-22-16-14-12-10-8-6-4-2)37-59-61(57,58)60-47-45(55)43(53)42(52)44(54)46(47)56/h20-21,33,35,38-40,42-47,49-50,52-56H,3-19,22-32,34,36-37H2,1-2H3,(H,48,51)(H,57,58)/b21-20-,35-33+. The van der Waals surface area contributed by atoms with Crippen molar-refractivity contribution in [2.45, 2.75) is 261 Å². The van der Waals surface area contributed by atoms with Gasteiger partial charge in [-0.15, -0.1) is 0 Å². The smallest absolute Gasteiger partial charge is 0.393 e. The number of aliphatic hydroxyl groups is 7. The number of carbonyl (C=O) groups is 1. The normalized spacial score (nSPS) is 23.4. The van der Waals surface area contributed by atoms with Gasteiger partial charge in [0.25, 0.3) is 0 Å². The van der Waals surface area contributed by atoms with Gasteiger partial charge in [0.2, 0.25) is 5.91 Å². The second-order valence-electron chi connectivity index (χ2n) is 17.5. The third-order valence-electron chi connectivity index (χ3n) is 11.8. The molecule has 9 N–H and O–H groups in total. The molecule has 0 heterocycles. The molecule has 1 rings (SSSR count). The number of amides is 1. The molecule has 1 amide bonds. The van der Waals surface area contributed by atoms with Crippen LogP contribution in [0.5, 0.6) is 0 Å². The Morgan fingerprint density at radius 2 is 0.951 bits per heavy atom. The van der Waals surface area contributed by atoms with Gasteiger partial charge >= 0.3 is 7.82 Å². The van der Waals surface area contributed by atoms with Gasteiger partial charge in [0.1, 0.15) is 36.6 Å². The van der Waals surface area contributed by atoms with Gasteiger partial charge in [0, 0.05) is 0 Å². The summed E-state index contributed by atoms with van der Waals surface area (Å²) >= 11 is 0. The van der Waals surface area contributed by atoms with E-state index in [2.05, 4.69) is 31.3 Å². The molecule has 360 valence electrons. The quantitative estimate of drug-likeness (QED) is 0.0161. The number of carbonyl (C=O) groups excluding carboxylic acids is 1. The van der Waals surface area contributed by atoms with Crippen molar-refractivity contribution in [1.29, 1.82) is 0 Å². The van der Waals surface area contributed by atoms with Crippen LogP contribution in [0.4, 0.5) is 0 Å². The Morgan fingerprint density at radius 3 is 1.39 bits per heavy atom. The lowest BCUT2D eigenvalue weighted by molar-refractivity contribution is -0.220. The molecule has 1 saturated carbocycles. The van der Waals surface area contributed by atoms with Crippen molar-refractivity contribution >= 4 is 13.7 Å². The summed E-state index contributed by atoms with van der Waals surface area (Å²) in [7, 11) is -5.14. The average Bonchev–Trinajstić information content (AvgIpc) is 3.23. The molecule has 61 heavy (non-hydrogen) atoms. The Kier molecular flexibility index (Phi) is 35.1. The molecule has 0 radical (unpaired) electrons. The van der Waals surface area contributed by atoms with E-state index in [0.29, 0.717) is 12.8 Å². The zero-order valence-corrected chi connectivity index (χ0v) is 39.0. The summed E-state index contributed by atoms with van der Waals surface area (Å²) in [5.74, 6) is -0.597. The molecular weight excluding hydrogens is 801 g/mol. The van der Waals surface area contributed by atoms with E-state index in [1.165, 1.54) is 115 Å². The highest BCUT2D eigenvalue weighted by Crippen LogP contribution is 2.47. The molecule has 8 atom stereocenters. The molecule has 1 fully saturated rings. The Labute approximate surface area is 369 Å². The van der Waals surface area contributed by atoms with Crippen LogP contribution in [0.1, 0.15) is 206 Å². The molecule has 13 nitrogen and oxygen atoms in total. The molecule has 0 aromatic carbocycles. The molecule has 14 heteroatoms. The summed E-state index contributed by atoms with van der Waals surface area (Å²) < 4.78 is 22.9. The maximum Gasteiger partial charge on any atom is 0.472 e. The number of rotatable bonds is 40. The minimum atomic E-state index is -5.14. The van der Waals surface area contributed by atoms with Crippen molar-refractivity contribution in [2.75, 3.05) is 6.61 Å². The Bertz CT molecular complexity index is 1140. The predicted octanol–water partition coefficient (Wildman–Crippen LogP) is 8.37. The Hall–Kier alpha value is -1.22. The van der Waals surface area contributed by atoms with Crippen LogP contribution < -0.4 is 5.32 Å². The van der Waals surface area contributed by atoms with Crippen molar-refractivity contribution in [1.82, 2.24) is 5.32 Å². The van der Waals surface area contributed by atoms with E-state index >= 15 is 0 Å². The fraction of sp³-hybridized carbons (Fsp3) is 0.894. The van der Waals surface area contributed by atoms with Crippen LogP contribution in [-0.4, -0.2) is 108 Å². The molecule has 0 saturated heterocycles. The first kappa shape index (κ1) is 57.8. The van der Waals surface area contributed by atoms with Crippen molar-refractivity contribution in [2.24, 2.45) is 0 Å². The number of aliphatic hydroxyl groups excluding tert-OH is 7. The number of nitrogens with one attached hydrogen (secondary N) is 1. The van der Waals surface area contributed by atoms with Crippen LogP contribution in [0.15, 0.2) is 24.3 Å². The molecule has 0 aromatic heterocycles. The Balaban J connectivity index is 2.51. The van der Waals surface area contributed by atoms with Gasteiger partial charge in [0.05, 0.1) is 31.3 Å². The van der Waals surface area contributed by atoms with Gasteiger partial charge in [-0.05, 0) is 44.9 Å². The monoisotopic (exact) mass is 892 g/mol. The topological polar surface area (TPSA) is 226 Å². The highest BCUT2D eigenvalue weighted by molar-refractivity contribution is 7.47.